The van der Waals surface area contributed by atoms with Crippen LogP contribution in [0.5, 0.6) is 17.2 Å². The SMILES string of the molecule is CCOC(=O)c1c(C)sc2c1OC(N)=C(C#N)C2c1ccc(OC)c(OC)c1. The number of rotatable bonds is 5. The average molecular weight is 400 g/mol. The number of methoxy groups -OCH3 is 2. The lowest BCUT2D eigenvalue weighted by molar-refractivity contribution is 0.0522. The van der Waals surface area contributed by atoms with E-state index in [-0.39, 0.29) is 18.1 Å². The largest absolute Gasteiger partial charge is 0.493 e. The van der Waals surface area contributed by atoms with E-state index in [0.717, 1.165) is 15.3 Å². The minimum Gasteiger partial charge on any atom is -0.493 e. The second-order valence-corrected chi connectivity index (χ2v) is 7.24. The Labute approximate surface area is 166 Å². The van der Waals surface area contributed by atoms with Gasteiger partial charge in [0.05, 0.1) is 31.6 Å². The molecule has 146 valence electrons. The van der Waals surface area contributed by atoms with E-state index >= 15 is 0 Å². The summed E-state index contributed by atoms with van der Waals surface area (Å²) >= 11 is 1.38. The molecule has 3 rings (SSSR count). The number of nitriles is 1. The number of esters is 1. The van der Waals surface area contributed by atoms with Crippen LogP contribution in [0.3, 0.4) is 0 Å². The fraction of sp³-hybridized carbons (Fsp3) is 0.300. The Balaban J connectivity index is 2.21. The Morgan fingerprint density at radius 1 is 1.32 bits per heavy atom. The summed E-state index contributed by atoms with van der Waals surface area (Å²) in [6, 6.07) is 7.54. The second kappa shape index (κ2) is 7.82. The van der Waals surface area contributed by atoms with Crippen LogP contribution in [0.1, 0.15) is 38.5 Å². The molecule has 0 saturated heterocycles. The number of nitrogens with zero attached hydrogens (tertiary/aromatic N) is 1. The fourth-order valence-corrected chi connectivity index (χ4v) is 4.40. The molecule has 1 unspecified atom stereocenters. The third-order valence-electron chi connectivity index (χ3n) is 4.44. The molecule has 0 fully saturated rings. The summed E-state index contributed by atoms with van der Waals surface area (Å²) in [5, 5.41) is 9.70. The third-order valence-corrected chi connectivity index (χ3v) is 5.59. The number of aryl methyl sites for hydroxylation is 1. The van der Waals surface area contributed by atoms with E-state index in [9.17, 15) is 10.1 Å². The minimum absolute atomic E-state index is 0.0295. The summed E-state index contributed by atoms with van der Waals surface area (Å²) < 4.78 is 21.5. The van der Waals surface area contributed by atoms with Gasteiger partial charge >= 0.3 is 5.97 Å². The highest BCUT2D eigenvalue weighted by atomic mass is 32.1. The van der Waals surface area contributed by atoms with Crippen LogP contribution < -0.4 is 19.9 Å². The molecule has 0 spiro atoms. The Kier molecular flexibility index (Phi) is 5.47. The first-order valence-corrected chi connectivity index (χ1v) is 9.38. The van der Waals surface area contributed by atoms with Gasteiger partial charge in [0.1, 0.15) is 17.2 Å². The molecule has 0 amide bonds. The lowest BCUT2D eigenvalue weighted by Gasteiger charge is -2.24. The first-order chi connectivity index (χ1) is 13.5. The van der Waals surface area contributed by atoms with Gasteiger partial charge in [0, 0.05) is 4.88 Å². The number of benzene rings is 1. The number of fused-ring (bicyclic) bond motifs is 1. The van der Waals surface area contributed by atoms with E-state index in [1.807, 2.05) is 13.0 Å². The average Bonchev–Trinajstić information content (AvgIpc) is 3.01. The third kappa shape index (κ3) is 3.14. The van der Waals surface area contributed by atoms with Gasteiger partial charge < -0.3 is 24.7 Å². The number of nitrogens with two attached hydrogens (primary N) is 1. The number of ether oxygens (including phenoxy) is 4. The summed E-state index contributed by atoms with van der Waals surface area (Å²) in [5.74, 6) is 0.457. The van der Waals surface area contributed by atoms with Crippen molar-refractivity contribution in [2.45, 2.75) is 19.8 Å². The van der Waals surface area contributed by atoms with Gasteiger partial charge in [-0.05, 0) is 31.5 Å². The molecule has 2 aromatic rings. The molecular formula is C20H20N2O5S. The van der Waals surface area contributed by atoms with Crippen molar-refractivity contribution in [3.8, 4) is 23.3 Å². The first-order valence-electron chi connectivity index (χ1n) is 8.56. The molecule has 1 aromatic heterocycles. The van der Waals surface area contributed by atoms with E-state index in [1.165, 1.54) is 11.3 Å². The van der Waals surface area contributed by atoms with Crippen molar-refractivity contribution < 1.29 is 23.7 Å². The molecule has 28 heavy (non-hydrogen) atoms. The molecule has 2 N–H and O–H groups in total. The minimum atomic E-state index is -0.486. The summed E-state index contributed by atoms with van der Waals surface area (Å²) in [5.41, 5.74) is 7.43. The number of hydrogen-bond donors (Lipinski definition) is 1. The molecule has 1 aliphatic rings. The van der Waals surface area contributed by atoms with Crippen LogP contribution in [0, 0.1) is 18.3 Å². The Morgan fingerprint density at radius 3 is 2.64 bits per heavy atom. The van der Waals surface area contributed by atoms with Crippen molar-refractivity contribution in [3.05, 3.63) is 50.5 Å². The molecule has 0 bridgehead atoms. The Morgan fingerprint density at radius 2 is 2.04 bits per heavy atom. The highest BCUT2D eigenvalue weighted by molar-refractivity contribution is 7.12. The molecule has 1 aliphatic heterocycles. The molecule has 2 heterocycles. The van der Waals surface area contributed by atoms with Crippen molar-refractivity contribution in [3.63, 3.8) is 0 Å². The van der Waals surface area contributed by atoms with Gasteiger partial charge in [-0.25, -0.2) is 4.79 Å². The van der Waals surface area contributed by atoms with E-state index < -0.39 is 11.9 Å². The highest BCUT2D eigenvalue weighted by Gasteiger charge is 2.37. The van der Waals surface area contributed by atoms with E-state index in [4.69, 9.17) is 24.7 Å². The molecule has 8 heteroatoms. The van der Waals surface area contributed by atoms with Crippen molar-refractivity contribution in [1.29, 1.82) is 5.26 Å². The quantitative estimate of drug-likeness (QED) is 0.766. The molecule has 1 atom stereocenters. The van der Waals surface area contributed by atoms with Crippen LogP contribution in [0.25, 0.3) is 0 Å². The van der Waals surface area contributed by atoms with Gasteiger partial charge in [0.25, 0.3) is 0 Å². The van der Waals surface area contributed by atoms with Gasteiger partial charge in [-0.3, -0.25) is 0 Å². The molecule has 0 radical (unpaired) electrons. The summed E-state index contributed by atoms with van der Waals surface area (Å²) in [6.07, 6.45) is 0. The number of hydrogen-bond acceptors (Lipinski definition) is 8. The van der Waals surface area contributed by atoms with Gasteiger partial charge in [0.15, 0.2) is 17.2 Å². The summed E-state index contributed by atoms with van der Waals surface area (Å²) in [4.78, 5) is 13.9. The maximum atomic E-state index is 12.4. The van der Waals surface area contributed by atoms with Gasteiger partial charge in [-0.1, -0.05) is 6.07 Å². The molecule has 0 saturated carbocycles. The van der Waals surface area contributed by atoms with Crippen molar-refractivity contribution in [2.24, 2.45) is 5.73 Å². The summed E-state index contributed by atoms with van der Waals surface area (Å²) in [7, 11) is 3.09. The lowest BCUT2D eigenvalue weighted by Crippen LogP contribution is -2.21. The Bertz CT molecular complexity index is 1000. The van der Waals surface area contributed by atoms with E-state index in [0.29, 0.717) is 22.8 Å². The second-order valence-electron chi connectivity index (χ2n) is 5.99. The van der Waals surface area contributed by atoms with Gasteiger partial charge in [-0.15, -0.1) is 11.3 Å². The topological polar surface area (TPSA) is 104 Å². The van der Waals surface area contributed by atoms with Crippen molar-refractivity contribution >= 4 is 17.3 Å². The van der Waals surface area contributed by atoms with Crippen LogP contribution in [0.4, 0.5) is 0 Å². The molecular weight excluding hydrogens is 380 g/mol. The summed E-state index contributed by atoms with van der Waals surface area (Å²) in [6.45, 7) is 3.80. The van der Waals surface area contributed by atoms with Crippen LogP contribution in [-0.2, 0) is 4.74 Å². The number of carbonyl (C=O) groups is 1. The van der Waals surface area contributed by atoms with Crippen LogP contribution in [-0.4, -0.2) is 26.8 Å². The predicted molar refractivity (Wildman–Crippen MR) is 104 cm³/mol. The molecule has 1 aromatic carbocycles. The number of thiophene rings is 1. The van der Waals surface area contributed by atoms with E-state index in [2.05, 4.69) is 6.07 Å². The van der Waals surface area contributed by atoms with Gasteiger partial charge in [0.2, 0.25) is 5.88 Å². The Hall–Kier alpha value is -3.18. The fourth-order valence-electron chi connectivity index (χ4n) is 3.18. The lowest BCUT2D eigenvalue weighted by atomic mass is 9.88. The maximum absolute atomic E-state index is 12.4. The standard InChI is InChI=1S/C20H20N2O5S/c1-5-26-20(23)15-10(2)28-18-16(12(9-21)19(22)27-17(15)18)11-6-7-13(24-3)14(8-11)25-4/h6-8,16H,5,22H2,1-4H3. The van der Waals surface area contributed by atoms with Crippen molar-refractivity contribution in [2.75, 3.05) is 20.8 Å². The van der Waals surface area contributed by atoms with E-state index in [1.54, 1.807) is 33.3 Å². The zero-order valence-electron chi connectivity index (χ0n) is 16.0. The number of carbonyl (C=O) groups excluding carboxylic acids is 1. The maximum Gasteiger partial charge on any atom is 0.343 e. The van der Waals surface area contributed by atoms with Crippen molar-refractivity contribution in [1.82, 2.24) is 0 Å². The van der Waals surface area contributed by atoms with Crippen LogP contribution >= 0.6 is 11.3 Å². The van der Waals surface area contributed by atoms with Gasteiger partial charge in [-0.2, -0.15) is 5.26 Å². The zero-order valence-corrected chi connectivity index (χ0v) is 16.8. The zero-order chi connectivity index (χ0) is 20.4. The first kappa shape index (κ1) is 19.6. The molecule has 7 nitrogen and oxygen atoms in total. The monoisotopic (exact) mass is 400 g/mol. The normalized spacial score (nSPS) is 15.3. The highest BCUT2D eigenvalue weighted by Crippen LogP contribution is 2.50. The van der Waals surface area contributed by atoms with Crippen LogP contribution in [0.2, 0.25) is 0 Å². The molecule has 0 aliphatic carbocycles. The number of allylic oxidation sites excluding steroid dienone is 1. The van der Waals surface area contributed by atoms with Crippen LogP contribution in [0.15, 0.2) is 29.7 Å². The predicted octanol–water partition coefficient (Wildman–Crippen LogP) is 3.47. The smallest absolute Gasteiger partial charge is 0.343 e.